The number of carbonyl (C=O) groups is 1. The first-order valence-electron chi connectivity index (χ1n) is 6.30. The van der Waals surface area contributed by atoms with E-state index in [1.165, 1.54) is 0 Å². The molecular formula is C14H14BrN3O2. The van der Waals surface area contributed by atoms with Gasteiger partial charge in [0.05, 0.1) is 17.2 Å². The van der Waals surface area contributed by atoms with Gasteiger partial charge in [0.1, 0.15) is 5.52 Å². The monoisotopic (exact) mass is 335 g/mol. The first-order chi connectivity index (χ1) is 9.53. The van der Waals surface area contributed by atoms with E-state index in [1.807, 2.05) is 6.92 Å². The van der Waals surface area contributed by atoms with Crippen LogP contribution in [0.4, 0.5) is 0 Å². The molecule has 1 aromatic heterocycles. The number of aromatic nitrogens is 2. The molecule has 1 amide bonds. The Morgan fingerprint density at radius 1 is 1.45 bits per heavy atom. The van der Waals surface area contributed by atoms with Gasteiger partial charge in [-0.3, -0.25) is 14.8 Å². The van der Waals surface area contributed by atoms with Crippen molar-refractivity contribution in [2.75, 3.05) is 7.11 Å². The zero-order chi connectivity index (χ0) is 14.3. The van der Waals surface area contributed by atoms with Crippen molar-refractivity contribution in [2.45, 2.75) is 25.0 Å². The fourth-order valence-corrected chi connectivity index (χ4v) is 2.73. The number of halogens is 1. The second-order valence-corrected chi connectivity index (χ2v) is 5.98. The molecule has 1 N–H and O–H groups in total. The van der Waals surface area contributed by atoms with E-state index in [0.29, 0.717) is 11.1 Å². The molecule has 0 bridgehead atoms. The fourth-order valence-electron chi connectivity index (χ4n) is 2.18. The van der Waals surface area contributed by atoms with Crippen molar-refractivity contribution < 1.29 is 9.53 Å². The van der Waals surface area contributed by atoms with Crippen molar-refractivity contribution in [3.63, 3.8) is 0 Å². The summed E-state index contributed by atoms with van der Waals surface area (Å²) in [5.74, 6) is -0.121. The number of methoxy groups -OCH3 is 1. The minimum absolute atomic E-state index is 0.0660. The van der Waals surface area contributed by atoms with E-state index in [4.69, 9.17) is 4.74 Å². The van der Waals surface area contributed by atoms with E-state index in [2.05, 4.69) is 31.2 Å². The molecule has 1 fully saturated rings. The largest absolute Gasteiger partial charge is 0.376 e. The van der Waals surface area contributed by atoms with E-state index in [9.17, 15) is 4.79 Å². The third kappa shape index (κ3) is 2.29. The Balaban J connectivity index is 1.85. The fraction of sp³-hybridized carbons (Fsp3) is 0.357. The molecule has 1 aromatic carbocycles. The number of hydrogen-bond donors (Lipinski definition) is 1. The van der Waals surface area contributed by atoms with Crippen LogP contribution in [0.5, 0.6) is 0 Å². The van der Waals surface area contributed by atoms with Crippen LogP contribution in [0.3, 0.4) is 0 Å². The quantitative estimate of drug-likeness (QED) is 0.934. The average Bonchev–Trinajstić information content (AvgIpc) is 3.09. The molecule has 1 aliphatic carbocycles. The van der Waals surface area contributed by atoms with Gasteiger partial charge in [0.2, 0.25) is 0 Å². The van der Waals surface area contributed by atoms with Gasteiger partial charge in [0.25, 0.3) is 5.91 Å². The van der Waals surface area contributed by atoms with Crippen LogP contribution < -0.4 is 5.32 Å². The highest BCUT2D eigenvalue weighted by atomic mass is 79.9. The average molecular weight is 336 g/mol. The lowest BCUT2D eigenvalue weighted by atomic mass is 10.2. The van der Waals surface area contributed by atoms with Crippen molar-refractivity contribution in [1.82, 2.24) is 15.3 Å². The Morgan fingerprint density at radius 2 is 2.20 bits per heavy atom. The summed E-state index contributed by atoms with van der Waals surface area (Å²) in [5.41, 5.74) is 1.77. The predicted octanol–water partition coefficient (Wildman–Crippen LogP) is 2.30. The predicted molar refractivity (Wildman–Crippen MR) is 78.5 cm³/mol. The van der Waals surface area contributed by atoms with Crippen molar-refractivity contribution in [2.24, 2.45) is 0 Å². The molecule has 3 rings (SSSR count). The van der Waals surface area contributed by atoms with Crippen molar-refractivity contribution in [3.8, 4) is 0 Å². The number of nitrogens with one attached hydrogen (secondary N) is 1. The van der Waals surface area contributed by atoms with Crippen molar-refractivity contribution in [1.29, 1.82) is 0 Å². The first-order valence-corrected chi connectivity index (χ1v) is 7.09. The molecule has 5 nitrogen and oxygen atoms in total. The highest BCUT2D eigenvalue weighted by Crippen LogP contribution is 2.39. The molecule has 2 atom stereocenters. The number of carbonyl (C=O) groups excluding carboxylic acids is 1. The van der Waals surface area contributed by atoms with Gasteiger partial charge in [0.15, 0.2) is 0 Å². The molecule has 104 valence electrons. The summed E-state index contributed by atoms with van der Waals surface area (Å²) in [6.45, 7) is 1.99. The van der Waals surface area contributed by atoms with Gasteiger partial charge in [0, 0.05) is 36.0 Å². The Labute approximate surface area is 124 Å². The Kier molecular flexibility index (Phi) is 3.22. The number of nitrogens with zero attached hydrogens (tertiary/aromatic N) is 2. The van der Waals surface area contributed by atoms with Gasteiger partial charge >= 0.3 is 0 Å². The van der Waals surface area contributed by atoms with Gasteiger partial charge in [-0.05, 0) is 35.0 Å². The molecule has 6 heteroatoms. The van der Waals surface area contributed by atoms with Crippen molar-refractivity contribution in [3.05, 3.63) is 34.6 Å². The normalized spacial score (nSPS) is 24.6. The number of fused-ring (bicyclic) bond motifs is 1. The maximum atomic E-state index is 12.3. The van der Waals surface area contributed by atoms with Gasteiger partial charge < -0.3 is 10.1 Å². The zero-order valence-electron chi connectivity index (χ0n) is 11.2. The number of benzene rings is 1. The van der Waals surface area contributed by atoms with Gasteiger partial charge in [-0.15, -0.1) is 0 Å². The van der Waals surface area contributed by atoms with Gasteiger partial charge in [-0.1, -0.05) is 0 Å². The Hall–Kier alpha value is -1.53. The second kappa shape index (κ2) is 4.79. The molecule has 0 unspecified atom stereocenters. The van der Waals surface area contributed by atoms with E-state index in [0.717, 1.165) is 16.4 Å². The second-order valence-electron chi connectivity index (χ2n) is 5.13. The third-order valence-electron chi connectivity index (χ3n) is 3.75. The molecule has 1 aliphatic rings. The Bertz CT molecular complexity index is 691. The number of ether oxygens (including phenoxy) is 1. The summed E-state index contributed by atoms with van der Waals surface area (Å²) in [5, 5.41) is 2.97. The summed E-state index contributed by atoms with van der Waals surface area (Å²) < 4.78 is 6.11. The lowest BCUT2D eigenvalue weighted by Gasteiger charge is -2.10. The Morgan fingerprint density at radius 3 is 2.90 bits per heavy atom. The molecule has 0 spiro atoms. The highest BCUT2D eigenvalue weighted by molar-refractivity contribution is 9.10. The van der Waals surface area contributed by atoms with E-state index < -0.39 is 0 Å². The van der Waals surface area contributed by atoms with Gasteiger partial charge in [-0.2, -0.15) is 0 Å². The van der Waals surface area contributed by atoms with E-state index >= 15 is 0 Å². The standard InChI is InChI=1S/C14H14BrN3O2/c1-14(20-2)7-11(14)18-13(19)8-5-9(15)12-10(6-8)16-3-4-17-12/h3-6,11H,7H2,1-2H3,(H,18,19)/t11-,14+/m1/s1. The number of amides is 1. The van der Waals surface area contributed by atoms with Crippen LogP contribution in [0.2, 0.25) is 0 Å². The minimum atomic E-state index is -0.233. The molecule has 0 saturated heterocycles. The van der Waals surface area contributed by atoms with Crippen molar-refractivity contribution >= 4 is 32.9 Å². The highest BCUT2D eigenvalue weighted by Gasteiger charge is 2.51. The molecule has 0 radical (unpaired) electrons. The van der Waals surface area contributed by atoms with Crippen LogP contribution >= 0.6 is 15.9 Å². The summed E-state index contributed by atoms with van der Waals surface area (Å²) in [7, 11) is 1.66. The third-order valence-corrected chi connectivity index (χ3v) is 4.35. The first kappa shape index (κ1) is 13.5. The SMILES string of the molecule is CO[C@@]1(C)C[C@H]1NC(=O)c1cc(Br)c2nccnc2c1. The summed E-state index contributed by atoms with van der Waals surface area (Å²) in [6, 6.07) is 3.57. The van der Waals surface area contributed by atoms with Crippen LogP contribution in [0, 0.1) is 0 Å². The molecular weight excluding hydrogens is 322 g/mol. The maximum absolute atomic E-state index is 12.3. The summed E-state index contributed by atoms with van der Waals surface area (Å²) in [6.07, 6.45) is 4.07. The van der Waals surface area contributed by atoms with E-state index in [1.54, 1.807) is 31.6 Å². The van der Waals surface area contributed by atoms with Crippen LogP contribution in [0.1, 0.15) is 23.7 Å². The number of hydrogen-bond acceptors (Lipinski definition) is 4. The molecule has 20 heavy (non-hydrogen) atoms. The van der Waals surface area contributed by atoms with Crippen LogP contribution in [-0.4, -0.2) is 34.6 Å². The van der Waals surface area contributed by atoms with E-state index in [-0.39, 0.29) is 17.6 Å². The minimum Gasteiger partial charge on any atom is -0.376 e. The molecule has 2 aromatic rings. The smallest absolute Gasteiger partial charge is 0.251 e. The topological polar surface area (TPSA) is 64.1 Å². The lowest BCUT2D eigenvalue weighted by Crippen LogP contribution is -2.31. The van der Waals surface area contributed by atoms with Gasteiger partial charge in [-0.25, -0.2) is 0 Å². The molecule has 0 aliphatic heterocycles. The lowest BCUT2D eigenvalue weighted by molar-refractivity contribution is 0.0787. The van der Waals surface area contributed by atoms with Crippen LogP contribution in [0.25, 0.3) is 11.0 Å². The molecule has 1 saturated carbocycles. The summed E-state index contributed by atoms with van der Waals surface area (Å²) in [4.78, 5) is 20.7. The van der Waals surface area contributed by atoms with Crippen LogP contribution in [0.15, 0.2) is 29.0 Å². The van der Waals surface area contributed by atoms with Crippen LogP contribution in [-0.2, 0) is 4.74 Å². The maximum Gasteiger partial charge on any atom is 0.251 e. The summed E-state index contributed by atoms with van der Waals surface area (Å²) >= 11 is 3.43. The zero-order valence-corrected chi connectivity index (χ0v) is 12.8. The molecule has 1 heterocycles. The number of rotatable bonds is 3.